The van der Waals surface area contributed by atoms with Crippen molar-refractivity contribution in [3.8, 4) is 22.3 Å². The largest absolute Gasteiger partial charge is 0.331 e. The molecule has 0 saturated heterocycles. The van der Waals surface area contributed by atoms with Gasteiger partial charge in [0, 0.05) is 38.5 Å². The van der Waals surface area contributed by atoms with E-state index in [2.05, 4.69) is 216 Å². The third-order valence-corrected chi connectivity index (χ3v) is 16.8. The van der Waals surface area contributed by atoms with Gasteiger partial charge in [-0.2, -0.15) is 0 Å². The lowest BCUT2D eigenvalue weighted by Crippen LogP contribution is -2.62. The summed E-state index contributed by atoms with van der Waals surface area (Å²) in [6, 6.07) is 59.8. The molecule has 0 radical (unpaired) electrons. The van der Waals surface area contributed by atoms with Crippen LogP contribution in [0.1, 0.15) is 87.8 Å². The van der Waals surface area contributed by atoms with E-state index in [9.17, 15) is 0 Å². The Morgan fingerprint density at radius 1 is 0.525 bits per heavy atom. The van der Waals surface area contributed by atoms with Crippen molar-refractivity contribution >= 4 is 5.69 Å². The molecule has 61 heavy (non-hydrogen) atoms. The number of allylic oxidation sites excluding steroid dienone is 8. The molecule has 4 atom stereocenters. The molecule has 1 heterocycles. The molecule has 1 spiro atoms. The number of rotatable bonds is 2. The first-order chi connectivity index (χ1) is 29.5. The summed E-state index contributed by atoms with van der Waals surface area (Å²) >= 11 is 0. The van der Waals surface area contributed by atoms with E-state index in [0.717, 1.165) is 18.4 Å². The average molecular weight is 784 g/mol. The van der Waals surface area contributed by atoms with Crippen LogP contribution >= 0.6 is 0 Å². The summed E-state index contributed by atoms with van der Waals surface area (Å²) in [6.45, 7) is 15.4. The third-order valence-electron chi connectivity index (χ3n) is 16.8. The standard InChI is InChI=1S/C60H49N/c1-55(2)44-29-15-16-30-45(44)58(5)51(55)37-57(4)53-54(58)59(6)46-31-17-18-32-47(46)60(42-27-13-10-25-40(42)41-26-11-14-28-43(41)60)52(59)36-56(53,3)48-33-19-21-35-50(48)61(57)49-34-20-12-24-39(49)38-22-8-7-9-23-38/h7-8,10-20,22,24-34,36-37H,21,35H2,1-6H3. The molecular formula is C60H49N. The van der Waals surface area contributed by atoms with Gasteiger partial charge in [0.15, 0.2) is 0 Å². The van der Waals surface area contributed by atoms with Crippen LogP contribution in [0.15, 0.2) is 197 Å². The molecule has 1 nitrogen and oxygen atoms in total. The van der Waals surface area contributed by atoms with E-state index in [-0.39, 0.29) is 10.8 Å². The summed E-state index contributed by atoms with van der Waals surface area (Å²) in [7, 11) is 0. The highest BCUT2D eigenvalue weighted by Gasteiger charge is 2.71. The van der Waals surface area contributed by atoms with Crippen LogP contribution in [-0.4, -0.2) is 5.54 Å². The first-order valence-corrected chi connectivity index (χ1v) is 22.3. The highest BCUT2D eigenvalue weighted by molar-refractivity contribution is 5.93. The van der Waals surface area contributed by atoms with Crippen LogP contribution in [0.4, 0.5) is 5.69 Å². The van der Waals surface area contributed by atoms with Crippen LogP contribution in [-0.2, 0) is 21.7 Å². The molecule has 6 aromatic carbocycles. The zero-order chi connectivity index (χ0) is 41.3. The number of fused-ring (bicyclic) bond motifs is 16. The summed E-state index contributed by atoms with van der Waals surface area (Å²) in [5.41, 5.74) is 21.3. The van der Waals surface area contributed by atoms with E-state index < -0.39 is 21.8 Å². The number of benzene rings is 5. The lowest BCUT2D eigenvalue weighted by molar-refractivity contribution is 0.356. The first kappa shape index (κ1) is 35.4. The fourth-order valence-electron chi connectivity index (χ4n) is 14.8. The van der Waals surface area contributed by atoms with Gasteiger partial charge in [0.05, 0.1) is 16.6 Å². The minimum atomic E-state index is -0.516. The zero-order valence-corrected chi connectivity index (χ0v) is 35.9. The Morgan fingerprint density at radius 3 is 1.77 bits per heavy atom. The van der Waals surface area contributed by atoms with E-state index in [0.29, 0.717) is 0 Å². The van der Waals surface area contributed by atoms with Crippen LogP contribution in [0.2, 0.25) is 0 Å². The number of hydrogen-bond acceptors (Lipinski definition) is 1. The summed E-state index contributed by atoms with van der Waals surface area (Å²) in [5.74, 6) is 0. The van der Waals surface area contributed by atoms with Gasteiger partial charge < -0.3 is 4.90 Å². The lowest BCUT2D eigenvalue weighted by Gasteiger charge is -2.64. The van der Waals surface area contributed by atoms with Crippen LogP contribution in [0.25, 0.3) is 22.3 Å². The Kier molecular flexibility index (Phi) is 6.56. The highest BCUT2D eigenvalue weighted by Crippen LogP contribution is 2.77. The minimum absolute atomic E-state index is 0.210. The number of hydrogen-bond donors (Lipinski definition) is 0. The van der Waals surface area contributed by atoms with E-state index in [1.54, 1.807) is 5.57 Å². The summed E-state index contributed by atoms with van der Waals surface area (Å²) < 4.78 is 0. The summed E-state index contributed by atoms with van der Waals surface area (Å²) in [6.07, 6.45) is 12.5. The van der Waals surface area contributed by atoms with E-state index in [4.69, 9.17) is 0 Å². The highest BCUT2D eigenvalue weighted by atomic mass is 15.2. The van der Waals surface area contributed by atoms with E-state index in [1.807, 2.05) is 6.07 Å². The van der Waals surface area contributed by atoms with Crippen molar-refractivity contribution in [2.24, 2.45) is 5.41 Å². The molecule has 1 heteroatoms. The van der Waals surface area contributed by atoms with Gasteiger partial charge in [-0.3, -0.25) is 0 Å². The van der Waals surface area contributed by atoms with Gasteiger partial charge in [-0.15, -0.1) is 0 Å². The number of para-hydroxylation sites is 1. The average Bonchev–Trinajstić information content (AvgIpc) is 3.78. The van der Waals surface area contributed by atoms with E-state index >= 15 is 0 Å². The van der Waals surface area contributed by atoms with E-state index in [1.165, 1.54) is 83.7 Å². The summed E-state index contributed by atoms with van der Waals surface area (Å²) in [5, 5.41) is 0. The smallest absolute Gasteiger partial charge is 0.0833 e. The maximum atomic E-state index is 3.51. The Bertz CT molecular complexity index is 3080. The lowest BCUT2D eigenvalue weighted by atomic mass is 9.44. The molecule has 0 saturated carbocycles. The second-order valence-corrected chi connectivity index (χ2v) is 19.9. The Hall–Kier alpha value is -6.36. The molecule has 0 fully saturated rings. The molecule has 0 bridgehead atoms. The van der Waals surface area contributed by atoms with Crippen LogP contribution < -0.4 is 4.90 Å². The van der Waals surface area contributed by atoms with Gasteiger partial charge >= 0.3 is 0 Å². The fourth-order valence-corrected chi connectivity index (χ4v) is 14.8. The third kappa shape index (κ3) is 3.81. The van der Waals surface area contributed by atoms with Crippen molar-refractivity contribution in [2.75, 3.05) is 4.90 Å². The molecule has 0 amide bonds. The van der Waals surface area contributed by atoms with Gasteiger partial charge in [-0.05, 0) is 131 Å². The summed E-state index contributed by atoms with van der Waals surface area (Å²) in [4.78, 5) is 2.80. The maximum absolute atomic E-state index is 3.51. The van der Waals surface area contributed by atoms with Crippen molar-refractivity contribution in [3.05, 3.63) is 243 Å². The second-order valence-electron chi connectivity index (χ2n) is 19.9. The van der Waals surface area contributed by atoms with Crippen molar-refractivity contribution in [1.29, 1.82) is 0 Å². The van der Waals surface area contributed by atoms with Gasteiger partial charge in [0.25, 0.3) is 0 Å². The second kappa shape index (κ2) is 11.3. The van der Waals surface area contributed by atoms with Crippen molar-refractivity contribution < 1.29 is 0 Å². The van der Waals surface area contributed by atoms with Crippen LogP contribution in [0.5, 0.6) is 0 Å². The molecule has 13 rings (SSSR count). The maximum Gasteiger partial charge on any atom is 0.0833 e. The van der Waals surface area contributed by atoms with Crippen LogP contribution in [0.3, 0.4) is 0 Å². The molecule has 7 aliphatic rings. The predicted molar refractivity (Wildman–Crippen MR) is 250 cm³/mol. The Morgan fingerprint density at radius 2 is 1.10 bits per heavy atom. The van der Waals surface area contributed by atoms with Crippen molar-refractivity contribution in [3.63, 3.8) is 0 Å². The first-order valence-electron chi connectivity index (χ1n) is 22.3. The van der Waals surface area contributed by atoms with Gasteiger partial charge in [-0.1, -0.05) is 172 Å². The SMILES string of the molecule is CC12C=C3C(C)(C4=C1C(C)(C=C1C(C)(C)c5ccccc5C14C)N(c1ccccc1-c1c#cccc1)C1=C2C=CCC1)c1ccccc1C31c2ccccc2-c2ccccc21. The number of nitrogens with zero attached hydrogens (tertiary/aromatic N) is 1. The fraction of sp³-hybridized carbons (Fsp3) is 0.233. The molecular weight excluding hydrogens is 735 g/mol. The molecule has 6 aromatic rings. The molecule has 294 valence electrons. The topological polar surface area (TPSA) is 3.24 Å². The molecule has 6 aliphatic carbocycles. The van der Waals surface area contributed by atoms with Crippen molar-refractivity contribution in [2.45, 2.75) is 81.6 Å². The zero-order valence-electron chi connectivity index (χ0n) is 35.9. The normalized spacial score (nSPS) is 28.4. The molecule has 0 N–H and O–H groups in total. The number of anilines is 1. The molecule has 4 unspecified atom stereocenters. The van der Waals surface area contributed by atoms with Gasteiger partial charge in [0.2, 0.25) is 0 Å². The molecule has 1 aliphatic heterocycles. The van der Waals surface area contributed by atoms with Crippen molar-refractivity contribution in [1.82, 2.24) is 0 Å². The van der Waals surface area contributed by atoms with Gasteiger partial charge in [0.1, 0.15) is 0 Å². The minimum Gasteiger partial charge on any atom is -0.331 e. The van der Waals surface area contributed by atoms with Gasteiger partial charge in [-0.25, -0.2) is 0 Å². The van der Waals surface area contributed by atoms with Crippen LogP contribution in [0, 0.1) is 17.5 Å². The predicted octanol–water partition coefficient (Wildman–Crippen LogP) is 13.9. The Labute approximate surface area is 361 Å². The monoisotopic (exact) mass is 783 g/mol. The molecule has 0 aromatic heterocycles. The Balaban J connectivity index is 1.24. The quantitative estimate of drug-likeness (QED) is 0.158.